The van der Waals surface area contributed by atoms with Gasteiger partial charge in [0, 0.05) is 11.6 Å². The third kappa shape index (κ3) is 1.90. The molecule has 1 heterocycles. The van der Waals surface area contributed by atoms with Crippen LogP contribution in [-0.4, -0.2) is 9.55 Å². The van der Waals surface area contributed by atoms with Gasteiger partial charge in [0.05, 0.1) is 21.7 Å². The molecule has 1 aromatic heterocycles. The van der Waals surface area contributed by atoms with Crippen LogP contribution < -0.4 is 5.73 Å². The summed E-state index contributed by atoms with van der Waals surface area (Å²) in [5, 5.41) is 0.660. The predicted molar refractivity (Wildman–Crippen MR) is 82.8 cm³/mol. The lowest BCUT2D eigenvalue weighted by Gasteiger charge is -2.10. The average Bonchev–Trinajstić information content (AvgIpc) is 3.23. The number of rotatable bonds is 2. The van der Waals surface area contributed by atoms with Crippen molar-refractivity contribution < 1.29 is 4.39 Å². The van der Waals surface area contributed by atoms with Crippen LogP contribution in [0.15, 0.2) is 36.4 Å². The van der Waals surface area contributed by atoms with Crippen LogP contribution in [0.2, 0.25) is 5.02 Å². The molecule has 0 bridgehead atoms. The average molecular weight is 302 g/mol. The Labute approximate surface area is 126 Å². The number of para-hydroxylation sites is 2. The van der Waals surface area contributed by atoms with E-state index in [4.69, 9.17) is 17.3 Å². The molecule has 0 amide bonds. The van der Waals surface area contributed by atoms with E-state index in [1.165, 1.54) is 6.07 Å². The molecule has 0 saturated heterocycles. The number of imidazole rings is 1. The first kappa shape index (κ1) is 12.7. The molecule has 0 spiro atoms. The van der Waals surface area contributed by atoms with Crippen LogP contribution in [0.1, 0.15) is 18.9 Å². The van der Waals surface area contributed by atoms with Crippen molar-refractivity contribution in [2.24, 2.45) is 0 Å². The molecule has 3 nitrogen and oxygen atoms in total. The topological polar surface area (TPSA) is 43.8 Å². The summed E-state index contributed by atoms with van der Waals surface area (Å²) in [5.41, 5.74) is 8.37. The Morgan fingerprint density at radius 1 is 1.19 bits per heavy atom. The van der Waals surface area contributed by atoms with E-state index in [1.54, 1.807) is 12.1 Å². The minimum atomic E-state index is -0.423. The van der Waals surface area contributed by atoms with Gasteiger partial charge < -0.3 is 10.3 Å². The molecule has 2 aromatic carbocycles. The fourth-order valence-electron chi connectivity index (χ4n) is 2.72. The molecule has 0 aliphatic heterocycles. The normalized spacial score (nSPS) is 14.8. The first-order valence-electron chi connectivity index (χ1n) is 6.87. The van der Waals surface area contributed by atoms with E-state index in [0.29, 0.717) is 22.5 Å². The Kier molecular flexibility index (Phi) is 2.69. The quantitative estimate of drug-likeness (QED) is 0.712. The maximum absolute atomic E-state index is 13.8. The fraction of sp³-hybridized carbons (Fsp3) is 0.188. The number of hydrogen-bond acceptors (Lipinski definition) is 2. The Bertz CT molecular complexity index is 852. The second-order valence-electron chi connectivity index (χ2n) is 5.35. The van der Waals surface area contributed by atoms with E-state index < -0.39 is 5.82 Å². The van der Waals surface area contributed by atoms with Gasteiger partial charge in [-0.05, 0) is 37.1 Å². The van der Waals surface area contributed by atoms with Crippen LogP contribution >= 0.6 is 11.6 Å². The highest BCUT2D eigenvalue weighted by atomic mass is 35.5. The van der Waals surface area contributed by atoms with Crippen LogP contribution in [0, 0.1) is 5.82 Å². The highest BCUT2D eigenvalue weighted by molar-refractivity contribution is 6.35. The summed E-state index contributed by atoms with van der Waals surface area (Å²) in [6, 6.07) is 10.8. The van der Waals surface area contributed by atoms with Crippen molar-refractivity contribution in [1.29, 1.82) is 0 Å². The summed E-state index contributed by atoms with van der Waals surface area (Å²) < 4.78 is 15.9. The summed E-state index contributed by atoms with van der Waals surface area (Å²) in [6.45, 7) is 0. The largest absolute Gasteiger partial charge is 0.396 e. The highest BCUT2D eigenvalue weighted by Crippen LogP contribution is 2.43. The SMILES string of the molecule is Nc1c(F)cccc1-c1nc2cccc(Cl)c2n1C1CC1. The maximum atomic E-state index is 13.8. The molecule has 3 aromatic rings. The number of benzene rings is 2. The fourth-order valence-corrected chi connectivity index (χ4v) is 2.98. The van der Waals surface area contributed by atoms with Gasteiger partial charge in [0.25, 0.3) is 0 Å². The third-order valence-corrected chi connectivity index (χ3v) is 4.17. The van der Waals surface area contributed by atoms with E-state index in [2.05, 4.69) is 9.55 Å². The van der Waals surface area contributed by atoms with Gasteiger partial charge in [-0.2, -0.15) is 0 Å². The van der Waals surface area contributed by atoms with E-state index in [1.807, 2.05) is 18.2 Å². The standard InChI is InChI=1S/C16H13ClFN3/c17-11-4-2-6-13-15(11)21(9-7-8-9)16(20-13)10-3-1-5-12(18)14(10)19/h1-6,9H,7-8,19H2. The zero-order valence-corrected chi connectivity index (χ0v) is 11.9. The molecule has 1 saturated carbocycles. The molecule has 1 aliphatic rings. The summed E-state index contributed by atoms with van der Waals surface area (Å²) in [5.74, 6) is 0.269. The monoisotopic (exact) mass is 301 g/mol. The Balaban J connectivity index is 2.07. The molecular weight excluding hydrogens is 289 g/mol. The second-order valence-corrected chi connectivity index (χ2v) is 5.75. The minimum absolute atomic E-state index is 0.130. The van der Waals surface area contributed by atoms with Gasteiger partial charge in [-0.25, -0.2) is 9.37 Å². The number of nitrogen functional groups attached to an aromatic ring is 1. The number of hydrogen-bond donors (Lipinski definition) is 1. The Hall–Kier alpha value is -2.07. The second kappa shape index (κ2) is 4.46. The van der Waals surface area contributed by atoms with E-state index in [-0.39, 0.29) is 5.69 Å². The molecular formula is C16H13ClFN3. The Morgan fingerprint density at radius 2 is 1.95 bits per heavy atom. The van der Waals surface area contributed by atoms with Gasteiger partial charge in [0.2, 0.25) is 0 Å². The molecule has 106 valence electrons. The Morgan fingerprint density at radius 3 is 2.71 bits per heavy atom. The zero-order valence-electron chi connectivity index (χ0n) is 11.2. The maximum Gasteiger partial charge on any atom is 0.146 e. The van der Waals surface area contributed by atoms with Crippen molar-refractivity contribution >= 4 is 28.3 Å². The lowest BCUT2D eigenvalue weighted by molar-refractivity contribution is 0.632. The molecule has 4 rings (SSSR count). The molecule has 21 heavy (non-hydrogen) atoms. The molecule has 0 radical (unpaired) electrons. The number of nitrogens with two attached hydrogens (primary N) is 1. The van der Waals surface area contributed by atoms with Crippen LogP contribution in [0.5, 0.6) is 0 Å². The summed E-state index contributed by atoms with van der Waals surface area (Å²) in [7, 11) is 0. The molecule has 1 aliphatic carbocycles. The van der Waals surface area contributed by atoms with Crippen LogP contribution in [0.4, 0.5) is 10.1 Å². The smallest absolute Gasteiger partial charge is 0.146 e. The van der Waals surface area contributed by atoms with Crippen molar-refractivity contribution in [3.63, 3.8) is 0 Å². The molecule has 5 heteroatoms. The van der Waals surface area contributed by atoms with Crippen molar-refractivity contribution in [2.75, 3.05) is 5.73 Å². The van der Waals surface area contributed by atoms with E-state index in [0.717, 1.165) is 23.9 Å². The number of fused-ring (bicyclic) bond motifs is 1. The molecule has 0 atom stereocenters. The molecule has 1 fully saturated rings. The lowest BCUT2D eigenvalue weighted by Crippen LogP contribution is -2.01. The summed E-state index contributed by atoms with van der Waals surface area (Å²) in [4.78, 5) is 4.64. The van der Waals surface area contributed by atoms with Gasteiger partial charge in [-0.15, -0.1) is 0 Å². The lowest BCUT2D eigenvalue weighted by atomic mass is 10.1. The van der Waals surface area contributed by atoms with Gasteiger partial charge in [0.1, 0.15) is 11.6 Å². The zero-order chi connectivity index (χ0) is 14.6. The summed E-state index contributed by atoms with van der Waals surface area (Å²) in [6.07, 6.45) is 2.16. The number of anilines is 1. The minimum Gasteiger partial charge on any atom is -0.396 e. The number of nitrogens with zero attached hydrogens (tertiary/aromatic N) is 2. The predicted octanol–water partition coefficient (Wildman–Crippen LogP) is 4.41. The van der Waals surface area contributed by atoms with Gasteiger partial charge in [-0.1, -0.05) is 23.7 Å². The van der Waals surface area contributed by atoms with Gasteiger partial charge >= 0.3 is 0 Å². The number of halogens is 2. The number of aromatic nitrogens is 2. The third-order valence-electron chi connectivity index (χ3n) is 3.87. The van der Waals surface area contributed by atoms with E-state index >= 15 is 0 Å². The van der Waals surface area contributed by atoms with Crippen LogP contribution in [0.25, 0.3) is 22.4 Å². The van der Waals surface area contributed by atoms with Crippen LogP contribution in [-0.2, 0) is 0 Å². The first-order chi connectivity index (χ1) is 10.2. The van der Waals surface area contributed by atoms with Gasteiger partial charge in [-0.3, -0.25) is 0 Å². The van der Waals surface area contributed by atoms with Gasteiger partial charge in [0.15, 0.2) is 0 Å². The van der Waals surface area contributed by atoms with Crippen molar-refractivity contribution in [3.05, 3.63) is 47.2 Å². The van der Waals surface area contributed by atoms with E-state index in [9.17, 15) is 4.39 Å². The molecule has 0 unspecified atom stereocenters. The van der Waals surface area contributed by atoms with Crippen LogP contribution in [0.3, 0.4) is 0 Å². The highest BCUT2D eigenvalue weighted by Gasteiger charge is 2.30. The van der Waals surface area contributed by atoms with Crippen molar-refractivity contribution in [2.45, 2.75) is 18.9 Å². The van der Waals surface area contributed by atoms with Crippen molar-refractivity contribution in [1.82, 2.24) is 9.55 Å². The van der Waals surface area contributed by atoms with Crippen molar-refractivity contribution in [3.8, 4) is 11.4 Å². The first-order valence-corrected chi connectivity index (χ1v) is 7.25. The summed E-state index contributed by atoms with van der Waals surface area (Å²) >= 11 is 6.34. The molecule has 2 N–H and O–H groups in total.